The van der Waals surface area contributed by atoms with E-state index in [1.165, 1.54) is 38.3 Å². The first-order valence-electron chi connectivity index (χ1n) is 11.6. The van der Waals surface area contributed by atoms with Gasteiger partial charge in [0.1, 0.15) is 0 Å². The minimum Gasteiger partial charge on any atom is -0.381 e. The summed E-state index contributed by atoms with van der Waals surface area (Å²) in [5.41, 5.74) is 1.42. The van der Waals surface area contributed by atoms with Crippen LogP contribution in [0.3, 0.4) is 0 Å². The third-order valence-corrected chi connectivity index (χ3v) is 5.34. The lowest BCUT2D eigenvalue weighted by atomic mass is 9.87. The molecule has 176 valence electrons. The summed E-state index contributed by atoms with van der Waals surface area (Å²) in [7, 11) is 0. The molecule has 1 aromatic rings. The molecule has 0 spiro atoms. The fraction of sp³-hybridized carbons (Fsp3) is 0.500. The van der Waals surface area contributed by atoms with Gasteiger partial charge in [-0.3, -0.25) is 9.59 Å². The summed E-state index contributed by atoms with van der Waals surface area (Å²) in [5, 5.41) is 9.04. The van der Waals surface area contributed by atoms with Gasteiger partial charge in [0.05, 0.1) is 6.21 Å². The van der Waals surface area contributed by atoms with E-state index in [2.05, 4.69) is 39.4 Å². The number of rotatable bonds is 11. The number of amides is 2. The van der Waals surface area contributed by atoms with Gasteiger partial charge in [-0.2, -0.15) is 5.10 Å². The first-order chi connectivity index (χ1) is 16.2. The Hall–Kier alpha value is -3.29. The Labute approximate surface area is 196 Å². The van der Waals surface area contributed by atoms with Crippen LogP contribution in [-0.4, -0.2) is 44.3 Å². The van der Waals surface area contributed by atoms with Crippen molar-refractivity contribution >= 4 is 18.0 Å². The standard InChI is InChI=1S/C26H34N4O3/c27-30-21-23-13-15-24(16-14-23)26(32)29-18-8-20-33-19-7-17-28-25(31)12-6-2-5-11-22-9-3-1-4-10-22/h13-16,21-22H,1,3-4,7-11,17-20,27H2,(H,28,31)(H,29,32)/b30-21-. The van der Waals surface area contributed by atoms with E-state index in [0.29, 0.717) is 50.6 Å². The number of nitrogens with two attached hydrogens (primary N) is 1. The van der Waals surface area contributed by atoms with Crippen molar-refractivity contribution in [3.63, 3.8) is 0 Å². The molecule has 2 rings (SSSR count). The van der Waals surface area contributed by atoms with E-state index < -0.39 is 0 Å². The number of carbonyl (C=O) groups excluding carboxylic acids is 2. The predicted octanol–water partition coefficient (Wildman–Crippen LogP) is 2.60. The lowest BCUT2D eigenvalue weighted by Crippen LogP contribution is -2.25. The Bertz CT molecular complexity index is 882. The van der Waals surface area contributed by atoms with E-state index in [9.17, 15) is 9.59 Å². The second-order valence-electron chi connectivity index (χ2n) is 7.99. The molecule has 0 aliphatic heterocycles. The Morgan fingerprint density at radius 2 is 1.73 bits per heavy atom. The summed E-state index contributed by atoms with van der Waals surface area (Å²) in [6.07, 6.45) is 10.3. The van der Waals surface area contributed by atoms with Crippen LogP contribution in [0.15, 0.2) is 29.4 Å². The zero-order chi connectivity index (χ0) is 23.6. The molecule has 0 saturated heterocycles. The maximum Gasteiger partial charge on any atom is 0.296 e. The molecule has 0 unspecified atom stereocenters. The number of benzene rings is 1. The van der Waals surface area contributed by atoms with Crippen LogP contribution in [0, 0.1) is 29.6 Å². The molecular weight excluding hydrogens is 416 g/mol. The molecule has 0 aromatic heterocycles. The van der Waals surface area contributed by atoms with Gasteiger partial charge in [-0.15, -0.1) is 0 Å². The zero-order valence-electron chi connectivity index (χ0n) is 19.2. The van der Waals surface area contributed by atoms with Crippen molar-refractivity contribution in [3.05, 3.63) is 35.4 Å². The number of ether oxygens (including phenoxy) is 1. The lowest BCUT2D eigenvalue weighted by molar-refractivity contribution is -0.115. The molecule has 1 aliphatic carbocycles. The molecule has 2 amide bonds. The van der Waals surface area contributed by atoms with Crippen LogP contribution in [0.25, 0.3) is 0 Å². The monoisotopic (exact) mass is 450 g/mol. The van der Waals surface area contributed by atoms with Gasteiger partial charge in [-0.25, -0.2) is 0 Å². The van der Waals surface area contributed by atoms with E-state index >= 15 is 0 Å². The van der Waals surface area contributed by atoms with Crippen molar-refractivity contribution in [1.82, 2.24) is 10.6 Å². The van der Waals surface area contributed by atoms with E-state index in [1.807, 2.05) is 0 Å². The number of nitrogens with zero attached hydrogens (tertiary/aromatic N) is 1. The highest BCUT2D eigenvalue weighted by atomic mass is 16.5. The molecule has 0 bridgehead atoms. The molecule has 1 saturated carbocycles. The predicted molar refractivity (Wildman–Crippen MR) is 130 cm³/mol. The summed E-state index contributed by atoms with van der Waals surface area (Å²) in [6, 6.07) is 7.02. The number of hydrazone groups is 1. The second-order valence-corrected chi connectivity index (χ2v) is 7.99. The molecule has 1 aliphatic rings. The molecule has 0 heterocycles. The van der Waals surface area contributed by atoms with E-state index in [0.717, 1.165) is 12.0 Å². The van der Waals surface area contributed by atoms with Crippen molar-refractivity contribution in [2.45, 2.75) is 51.4 Å². The molecule has 4 N–H and O–H groups in total. The average molecular weight is 451 g/mol. The molecule has 7 heteroatoms. The van der Waals surface area contributed by atoms with Gasteiger partial charge in [0, 0.05) is 44.2 Å². The van der Waals surface area contributed by atoms with Crippen LogP contribution in [-0.2, 0) is 9.53 Å². The van der Waals surface area contributed by atoms with Crippen LogP contribution in [0.5, 0.6) is 0 Å². The molecule has 0 radical (unpaired) electrons. The minimum absolute atomic E-state index is 0.131. The quantitative estimate of drug-likeness (QED) is 0.158. The van der Waals surface area contributed by atoms with Crippen LogP contribution < -0.4 is 16.5 Å². The normalized spacial score (nSPS) is 13.5. The van der Waals surface area contributed by atoms with Crippen molar-refractivity contribution in [2.75, 3.05) is 26.3 Å². The average Bonchev–Trinajstić information content (AvgIpc) is 2.84. The van der Waals surface area contributed by atoms with Gasteiger partial charge >= 0.3 is 0 Å². The first-order valence-corrected chi connectivity index (χ1v) is 11.6. The van der Waals surface area contributed by atoms with Crippen molar-refractivity contribution in [1.29, 1.82) is 0 Å². The Balaban J connectivity index is 1.44. The Morgan fingerprint density at radius 3 is 2.42 bits per heavy atom. The van der Waals surface area contributed by atoms with Crippen LogP contribution in [0.2, 0.25) is 0 Å². The summed E-state index contributed by atoms with van der Waals surface area (Å²) in [5.74, 6) is 16.4. The maximum atomic E-state index is 12.1. The van der Waals surface area contributed by atoms with Crippen LogP contribution in [0.4, 0.5) is 0 Å². The molecular formula is C26H34N4O3. The van der Waals surface area contributed by atoms with Crippen molar-refractivity contribution < 1.29 is 14.3 Å². The summed E-state index contributed by atoms with van der Waals surface area (Å²) >= 11 is 0. The number of hydrogen-bond donors (Lipinski definition) is 3. The van der Waals surface area contributed by atoms with Crippen molar-refractivity contribution in [2.24, 2.45) is 16.9 Å². The highest BCUT2D eigenvalue weighted by molar-refractivity contribution is 5.95. The van der Waals surface area contributed by atoms with E-state index in [-0.39, 0.29) is 11.8 Å². The molecule has 0 atom stereocenters. The Morgan fingerprint density at radius 1 is 1.03 bits per heavy atom. The SMILES string of the molecule is N/N=C\c1ccc(C(=O)NCCCOCCCNC(=O)C#CC#CCC2CCCCC2)cc1. The van der Waals surface area contributed by atoms with Crippen LogP contribution >= 0.6 is 0 Å². The second kappa shape index (κ2) is 16.4. The lowest BCUT2D eigenvalue weighted by Gasteiger charge is -2.18. The fourth-order valence-electron chi connectivity index (χ4n) is 3.53. The number of nitrogens with one attached hydrogen (secondary N) is 2. The van der Waals surface area contributed by atoms with Gasteiger partial charge in [0.25, 0.3) is 11.8 Å². The van der Waals surface area contributed by atoms with E-state index in [4.69, 9.17) is 10.6 Å². The fourth-order valence-corrected chi connectivity index (χ4v) is 3.53. The first kappa shape index (κ1) is 26.0. The van der Waals surface area contributed by atoms with Gasteiger partial charge < -0.3 is 21.2 Å². The molecule has 1 fully saturated rings. The number of carbonyl (C=O) groups is 2. The third-order valence-electron chi connectivity index (χ3n) is 5.34. The molecule has 1 aromatic carbocycles. The summed E-state index contributed by atoms with van der Waals surface area (Å²) in [6.45, 7) is 2.10. The van der Waals surface area contributed by atoms with Crippen LogP contribution in [0.1, 0.15) is 67.3 Å². The largest absolute Gasteiger partial charge is 0.381 e. The van der Waals surface area contributed by atoms with E-state index in [1.54, 1.807) is 24.3 Å². The zero-order valence-corrected chi connectivity index (χ0v) is 19.2. The summed E-state index contributed by atoms with van der Waals surface area (Å²) in [4.78, 5) is 23.7. The van der Waals surface area contributed by atoms with Gasteiger partial charge in [0.2, 0.25) is 0 Å². The van der Waals surface area contributed by atoms with Gasteiger partial charge in [0.15, 0.2) is 0 Å². The topological polar surface area (TPSA) is 106 Å². The summed E-state index contributed by atoms with van der Waals surface area (Å²) < 4.78 is 5.53. The smallest absolute Gasteiger partial charge is 0.296 e. The third kappa shape index (κ3) is 11.8. The number of hydrogen-bond acceptors (Lipinski definition) is 5. The van der Waals surface area contributed by atoms with Gasteiger partial charge in [-0.05, 0) is 61.1 Å². The van der Waals surface area contributed by atoms with Gasteiger partial charge in [-0.1, -0.05) is 37.3 Å². The molecule has 7 nitrogen and oxygen atoms in total. The minimum atomic E-state index is -0.312. The molecule has 33 heavy (non-hydrogen) atoms. The highest BCUT2D eigenvalue weighted by Crippen LogP contribution is 2.25. The maximum absolute atomic E-state index is 12.1. The highest BCUT2D eigenvalue weighted by Gasteiger charge is 2.11. The van der Waals surface area contributed by atoms with Crippen molar-refractivity contribution in [3.8, 4) is 23.7 Å². The Kier molecular flexibility index (Phi) is 12.9.